The molecule has 2 aliphatic heterocycles. The molecule has 4 heterocycles. The van der Waals surface area contributed by atoms with Crippen molar-refractivity contribution in [1.29, 1.82) is 0 Å². The van der Waals surface area contributed by atoms with Gasteiger partial charge in [-0.3, -0.25) is 9.78 Å². The van der Waals surface area contributed by atoms with Crippen molar-refractivity contribution in [2.45, 2.75) is 49.9 Å². The van der Waals surface area contributed by atoms with Gasteiger partial charge in [-0.1, -0.05) is 0 Å². The highest BCUT2D eigenvalue weighted by Crippen LogP contribution is 2.42. The van der Waals surface area contributed by atoms with E-state index in [2.05, 4.69) is 15.6 Å². The minimum absolute atomic E-state index is 0.163. The van der Waals surface area contributed by atoms with E-state index in [-0.39, 0.29) is 18.0 Å². The first kappa shape index (κ1) is 16.5. The minimum Gasteiger partial charge on any atom is -0.388 e. The second kappa shape index (κ2) is 6.11. The van der Waals surface area contributed by atoms with E-state index in [1.54, 1.807) is 6.20 Å². The van der Waals surface area contributed by atoms with Crippen LogP contribution in [0.15, 0.2) is 30.7 Å². The summed E-state index contributed by atoms with van der Waals surface area (Å²) in [4.78, 5) is 20.7. The molecule has 0 spiro atoms. The zero-order chi connectivity index (χ0) is 17.6. The summed E-state index contributed by atoms with van der Waals surface area (Å²) in [6.45, 7) is 1.00. The number of fused-ring (bicyclic) bond motifs is 3. The molecule has 2 bridgehead atoms. The quantitative estimate of drug-likeness (QED) is 0.914. The molecule has 2 unspecified atom stereocenters. The number of hydrogen-bond donors (Lipinski definition) is 1. The topological polar surface area (TPSA) is 61.6 Å². The minimum atomic E-state index is -0.761. The summed E-state index contributed by atoms with van der Waals surface area (Å²) in [7, 11) is 3.84. The maximum absolute atomic E-state index is 12.6. The van der Waals surface area contributed by atoms with Crippen molar-refractivity contribution in [3.05, 3.63) is 30.7 Å². The maximum atomic E-state index is 12.6. The number of aromatic nitrogens is 2. The zero-order valence-corrected chi connectivity index (χ0v) is 14.9. The van der Waals surface area contributed by atoms with Crippen molar-refractivity contribution < 1.29 is 9.90 Å². The van der Waals surface area contributed by atoms with Gasteiger partial charge in [-0.05, 0) is 51.9 Å². The molecule has 2 fully saturated rings. The van der Waals surface area contributed by atoms with Crippen LogP contribution in [0, 0.1) is 0 Å². The van der Waals surface area contributed by atoms with Gasteiger partial charge in [0.25, 0.3) is 0 Å². The van der Waals surface area contributed by atoms with Gasteiger partial charge in [0.1, 0.15) is 0 Å². The third-order valence-electron chi connectivity index (χ3n) is 5.63. The SMILES string of the molecule is CN(C)CC(=O)N1C2CCC1CC(O)(Cn1ccc3ccncc31)C2. The number of nitrogens with zero attached hydrogens (tertiary/aromatic N) is 4. The van der Waals surface area contributed by atoms with Crippen molar-refractivity contribution in [2.75, 3.05) is 20.6 Å². The van der Waals surface area contributed by atoms with Crippen molar-refractivity contribution >= 4 is 16.8 Å². The van der Waals surface area contributed by atoms with Crippen LogP contribution >= 0.6 is 0 Å². The molecule has 2 aliphatic rings. The van der Waals surface area contributed by atoms with Crippen LogP contribution in [0.3, 0.4) is 0 Å². The number of pyridine rings is 1. The molecular weight excluding hydrogens is 316 g/mol. The summed E-state index contributed by atoms with van der Waals surface area (Å²) >= 11 is 0. The lowest BCUT2D eigenvalue weighted by Gasteiger charge is -2.44. The Balaban J connectivity index is 1.52. The Hall–Kier alpha value is -1.92. The van der Waals surface area contributed by atoms with E-state index in [1.807, 2.05) is 42.4 Å². The fourth-order valence-corrected chi connectivity index (χ4v) is 4.69. The van der Waals surface area contributed by atoms with Crippen LogP contribution in [-0.2, 0) is 11.3 Å². The van der Waals surface area contributed by atoms with Crippen LogP contribution < -0.4 is 0 Å². The van der Waals surface area contributed by atoms with E-state index in [1.165, 1.54) is 0 Å². The van der Waals surface area contributed by atoms with E-state index in [4.69, 9.17) is 0 Å². The lowest BCUT2D eigenvalue weighted by molar-refractivity contribution is -0.142. The van der Waals surface area contributed by atoms with Crippen LogP contribution in [0.1, 0.15) is 25.7 Å². The van der Waals surface area contributed by atoms with Crippen LogP contribution in [-0.4, -0.2) is 68.7 Å². The molecule has 0 aromatic carbocycles. The average Bonchev–Trinajstić information content (AvgIpc) is 3.07. The van der Waals surface area contributed by atoms with Crippen LogP contribution in [0.2, 0.25) is 0 Å². The molecule has 25 heavy (non-hydrogen) atoms. The summed E-state index contributed by atoms with van der Waals surface area (Å²) in [5, 5.41) is 12.4. The standard InChI is InChI=1S/C19H26N4O2/c1-21(2)12-18(24)23-15-3-4-16(23)10-19(25,9-15)13-22-8-6-14-5-7-20-11-17(14)22/h5-8,11,15-16,25H,3-4,9-10,12-13H2,1-2H3. The molecule has 1 N–H and O–H groups in total. The molecule has 6 nitrogen and oxygen atoms in total. The number of rotatable bonds is 4. The molecule has 0 radical (unpaired) electrons. The van der Waals surface area contributed by atoms with Gasteiger partial charge in [0.15, 0.2) is 0 Å². The first-order chi connectivity index (χ1) is 12.0. The number of likely N-dealkylation sites (N-methyl/N-ethyl adjacent to an activating group) is 1. The monoisotopic (exact) mass is 342 g/mol. The lowest BCUT2D eigenvalue weighted by Crippen LogP contribution is -2.56. The van der Waals surface area contributed by atoms with Crippen LogP contribution in [0.5, 0.6) is 0 Å². The zero-order valence-electron chi connectivity index (χ0n) is 14.9. The Morgan fingerprint density at radius 3 is 2.72 bits per heavy atom. The Labute approximate surface area is 148 Å². The number of carbonyl (C=O) groups excluding carboxylic acids is 1. The van der Waals surface area contributed by atoms with Crippen molar-refractivity contribution in [1.82, 2.24) is 19.4 Å². The smallest absolute Gasteiger partial charge is 0.237 e. The van der Waals surface area contributed by atoms with Gasteiger partial charge < -0.3 is 19.5 Å². The lowest BCUT2D eigenvalue weighted by atomic mass is 9.85. The van der Waals surface area contributed by atoms with Crippen LogP contribution in [0.4, 0.5) is 0 Å². The largest absolute Gasteiger partial charge is 0.388 e. The fourth-order valence-electron chi connectivity index (χ4n) is 4.69. The van der Waals surface area contributed by atoms with Gasteiger partial charge in [-0.15, -0.1) is 0 Å². The average molecular weight is 342 g/mol. The first-order valence-corrected chi connectivity index (χ1v) is 9.02. The molecule has 0 aliphatic carbocycles. The highest BCUT2D eigenvalue weighted by Gasteiger charge is 2.49. The molecule has 2 atom stereocenters. The van der Waals surface area contributed by atoms with Crippen molar-refractivity contribution in [3.63, 3.8) is 0 Å². The number of piperidine rings is 1. The molecular formula is C19H26N4O2. The Morgan fingerprint density at radius 2 is 2.04 bits per heavy atom. The number of hydrogen-bond acceptors (Lipinski definition) is 4. The van der Waals surface area contributed by atoms with E-state index in [0.29, 0.717) is 25.9 Å². The third kappa shape index (κ3) is 3.04. The van der Waals surface area contributed by atoms with Gasteiger partial charge in [0, 0.05) is 29.9 Å². The first-order valence-electron chi connectivity index (χ1n) is 9.02. The normalized spacial score (nSPS) is 28.9. The summed E-state index contributed by atoms with van der Waals surface area (Å²) in [5.41, 5.74) is 0.289. The van der Waals surface area contributed by atoms with E-state index in [9.17, 15) is 9.90 Å². The van der Waals surface area contributed by atoms with Gasteiger partial charge in [-0.25, -0.2) is 0 Å². The van der Waals surface area contributed by atoms with E-state index in [0.717, 1.165) is 23.7 Å². The Morgan fingerprint density at radius 1 is 1.32 bits per heavy atom. The summed E-state index contributed by atoms with van der Waals surface area (Å²) < 4.78 is 2.10. The molecule has 2 aromatic rings. The summed E-state index contributed by atoms with van der Waals surface area (Å²) in [5.74, 6) is 0.190. The molecule has 0 saturated carbocycles. The molecule has 6 heteroatoms. The van der Waals surface area contributed by atoms with Crippen molar-refractivity contribution in [3.8, 4) is 0 Å². The highest BCUT2D eigenvalue weighted by molar-refractivity contribution is 5.80. The summed E-state index contributed by atoms with van der Waals surface area (Å²) in [6, 6.07) is 4.37. The predicted molar refractivity (Wildman–Crippen MR) is 96.1 cm³/mol. The number of carbonyl (C=O) groups is 1. The second-order valence-corrected chi connectivity index (χ2v) is 7.93. The Kier molecular flexibility index (Phi) is 4.04. The second-order valence-electron chi connectivity index (χ2n) is 7.93. The summed E-state index contributed by atoms with van der Waals surface area (Å²) in [6.07, 6.45) is 8.97. The predicted octanol–water partition coefficient (Wildman–Crippen LogP) is 1.48. The van der Waals surface area contributed by atoms with E-state index < -0.39 is 5.60 Å². The molecule has 2 aromatic heterocycles. The van der Waals surface area contributed by atoms with E-state index >= 15 is 0 Å². The van der Waals surface area contributed by atoms with Crippen LogP contribution in [0.25, 0.3) is 10.9 Å². The molecule has 4 rings (SSSR count). The molecule has 134 valence electrons. The fraction of sp³-hybridized carbons (Fsp3) is 0.579. The third-order valence-corrected chi connectivity index (χ3v) is 5.63. The van der Waals surface area contributed by atoms with Gasteiger partial charge in [-0.2, -0.15) is 0 Å². The Bertz CT molecular complexity index is 771. The maximum Gasteiger partial charge on any atom is 0.237 e. The number of aliphatic hydroxyl groups is 1. The van der Waals surface area contributed by atoms with Gasteiger partial charge in [0.2, 0.25) is 5.91 Å². The highest BCUT2D eigenvalue weighted by atomic mass is 16.3. The molecule has 1 amide bonds. The molecule has 2 saturated heterocycles. The van der Waals surface area contributed by atoms with Gasteiger partial charge in [0.05, 0.1) is 30.4 Å². The number of amides is 1. The van der Waals surface area contributed by atoms with Crippen molar-refractivity contribution in [2.24, 2.45) is 0 Å². The van der Waals surface area contributed by atoms with Gasteiger partial charge >= 0.3 is 0 Å².